The molecule has 7 heteroatoms. The molecule has 2 heterocycles. The van der Waals surface area contributed by atoms with Crippen molar-refractivity contribution in [3.05, 3.63) is 35.0 Å². The summed E-state index contributed by atoms with van der Waals surface area (Å²) in [6.45, 7) is 4.07. The molecule has 156 valence electrons. The first-order chi connectivity index (χ1) is 13.9. The van der Waals surface area contributed by atoms with E-state index in [0.29, 0.717) is 24.0 Å². The van der Waals surface area contributed by atoms with Crippen molar-refractivity contribution < 1.29 is 9.59 Å². The number of carbonyl (C=O) groups excluding carboxylic acids is 2. The lowest BCUT2D eigenvalue weighted by Gasteiger charge is -2.41. The summed E-state index contributed by atoms with van der Waals surface area (Å²) in [5.41, 5.74) is 1.93. The summed E-state index contributed by atoms with van der Waals surface area (Å²) >= 11 is 6.04. The average Bonchev–Trinajstić information content (AvgIpc) is 3.10. The molecule has 1 saturated heterocycles. The molecule has 2 aromatic rings. The zero-order chi connectivity index (χ0) is 20.5. The van der Waals surface area contributed by atoms with E-state index in [0.717, 1.165) is 48.8 Å². The number of fused-ring (bicyclic) bond motifs is 1. The van der Waals surface area contributed by atoms with Crippen LogP contribution < -0.4 is 5.32 Å². The van der Waals surface area contributed by atoms with E-state index in [9.17, 15) is 9.59 Å². The summed E-state index contributed by atoms with van der Waals surface area (Å²) < 4.78 is 0. The summed E-state index contributed by atoms with van der Waals surface area (Å²) in [4.78, 5) is 32.4. The predicted molar refractivity (Wildman–Crippen MR) is 115 cm³/mol. The summed E-state index contributed by atoms with van der Waals surface area (Å²) in [6, 6.07) is 7.64. The topological polar surface area (TPSA) is 68.4 Å². The van der Waals surface area contributed by atoms with Gasteiger partial charge in [-0.15, -0.1) is 0 Å². The zero-order valence-electron chi connectivity index (χ0n) is 17.1. The number of hydrogen-bond donors (Lipinski definition) is 2. The van der Waals surface area contributed by atoms with Crippen LogP contribution in [0.5, 0.6) is 0 Å². The van der Waals surface area contributed by atoms with E-state index < -0.39 is 0 Å². The lowest BCUT2D eigenvalue weighted by Crippen LogP contribution is -2.54. The molecule has 1 atom stereocenters. The van der Waals surface area contributed by atoms with Gasteiger partial charge in [0.15, 0.2) is 0 Å². The number of carbonyl (C=O) groups is 2. The van der Waals surface area contributed by atoms with E-state index in [1.54, 1.807) is 4.90 Å². The van der Waals surface area contributed by atoms with Crippen LogP contribution in [0.1, 0.15) is 38.3 Å². The number of piperidine rings is 1. The monoisotopic (exact) mass is 416 g/mol. The molecule has 0 radical (unpaired) electrons. The minimum atomic E-state index is -0.113. The number of halogens is 1. The fraction of sp³-hybridized carbons (Fsp3) is 0.545. The second-order valence-corrected chi connectivity index (χ2v) is 9.09. The highest BCUT2D eigenvalue weighted by atomic mass is 35.5. The first-order valence-electron chi connectivity index (χ1n) is 10.5. The van der Waals surface area contributed by atoms with Crippen molar-refractivity contribution in [2.24, 2.45) is 11.8 Å². The van der Waals surface area contributed by atoms with Gasteiger partial charge in [0.2, 0.25) is 5.91 Å². The quantitative estimate of drug-likeness (QED) is 0.790. The van der Waals surface area contributed by atoms with Crippen molar-refractivity contribution in [1.29, 1.82) is 0 Å². The molecule has 1 aromatic carbocycles. The number of H-pyrrole nitrogens is 1. The smallest absolute Gasteiger partial charge is 0.317 e. The van der Waals surface area contributed by atoms with E-state index in [1.807, 2.05) is 36.2 Å². The second-order valence-electron chi connectivity index (χ2n) is 8.65. The number of hydrogen-bond acceptors (Lipinski definition) is 2. The molecule has 1 aliphatic carbocycles. The zero-order valence-corrected chi connectivity index (χ0v) is 17.8. The van der Waals surface area contributed by atoms with Gasteiger partial charge in [-0.1, -0.05) is 18.5 Å². The van der Waals surface area contributed by atoms with E-state index in [2.05, 4.69) is 17.2 Å². The average molecular weight is 417 g/mol. The number of benzene rings is 1. The molecule has 0 unspecified atom stereocenters. The Morgan fingerprint density at radius 3 is 2.86 bits per heavy atom. The maximum Gasteiger partial charge on any atom is 0.317 e. The van der Waals surface area contributed by atoms with Crippen LogP contribution in [-0.2, 0) is 11.3 Å². The molecule has 0 bridgehead atoms. The van der Waals surface area contributed by atoms with Crippen LogP contribution >= 0.6 is 11.6 Å². The van der Waals surface area contributed by atoms with E-state index in [-0.39, 0.29) is 23.9 Å². The van der Waals surface area contributed by atoms with Gasteiger partial charge in [0, 0.05) is 47.7 Å². The molecule has 0 spiro atoms. The Bertz CT molecular complexity index is 905. The SMILES string of the molecule is CC1CC(C(=O)N2CCC[C@@H](N(C)C(=O)NCc3cc4cc(Cl)ccc4[nH]3)C2)C1. The highest BCUT2D eigenvalue weighted by Gasteiger charge is 2.37. The van der Waals surface area contributed by atoms with Crippen LogP contribution in [0, 0.1) is 11.8 Å². The third-order valence-corrected chi connectivity index (χ3v) is 6.60. The van der Waals surface area contributed by atoms with Crippen molar-refractivity contribution in [3.8, 4) is 0 Å². The van der Waals surface area contributed by atoms with Gasteiger partial charge in [-0.2, -0.15) is 0 Å². The molecule has 1 aromatic heterocycles. The number of aromatic nitrogens is 1. The summed E-state index contributed by atoms with van der Waals surface area (Å²) in [5.74, 6) is 1.13. The predicted octanol–water partition coefficient (Wildman–Crippen LogP) is 4.00. The number of urea groups is 1. The molecule has 4 rings (SSSR count). The Labute approximate surface area is 176 Å². The maximum atomic E-state index is 12.7. The minimum absolute atomic E-state index is 0.0618. The van der Waals surface area contributed by atoms with Crippen LogP contribution in [0.3, 0.4) is 0 Å². The Balaban J connectivity index is 1.31. The van der Waals surface area contributed by atoms with Crippen molar-refractivity contribution in [2.45, 2.75) is 45.2 Å². The van der Waals surface area contributed by atoms with Gasteiger partial charge in [0.25, 0.3) is 0 Å². The number of amides is 3. The highest BCUT2D eigenvalue weighted by molar-refractivity contribution is 6.31. The van der Waals surface area contributed by atoms with E-state index >= 15 is 0 Å². The van der Waals surface area contributed by atoms with Crippen molar-refractivity contribution in [1.82, 2.24) is 20.1 Å². The van der Waals surface area contributed by atoms with Crippen molar-refractivity contribution in [3.63, 3.8) is 0 Å². The van der Waals surface area contributed by atoms with Crippen LogP contribution in [0.25, 0.3) is 10.9 Å². The normalized spacial score (nSPS) is 24.2. The Hall–Kier alpha value is -2.21. The number of nitrogens with zero attached hydrogens (tertiary/aromatic N) is 2. The molecule has 1 aliphatic heterocycles. The number of likely N-dealkylation sites (tertiary alicyclic amines) is 1. The maximum absolute atomic E-state index is 12.7. The van der Waals surface area contributed by atoms with Gasteiger partial charge in [-0.05, 0) is 55.9 Å². The second kappa shape index (κ2) is 8.27. The van der Waals surface area contributed by atoms with Crippen molar-refractivity contribution >= 4 is 34.4 Å². The number of rotatable bonds is 4. The standard InChI is InChI=1S/C22H29ClN4O2/c1-14-8-16(9-14)21(28)27-7-3-4-19(13-27)26(2)22(29)24-12-18-11-15-10-17(23)5-6-20(15)25-18/h5-6,10-11,14,16,19,25H,3-4,7-9,12-13H2,1-2H3,(H,24,29)/t14?,16?,19-/m1/s1. The summed E-state index contributed by atoms with van der Waals surface area (Å²) in [6.07, 6.45) is 3.89. The van der Waals surface area contributed by atoms with Crippen LogP contribution in [0.2, 0.25) is 5.02 Å². The lowest BCUT2D eigenvalue weighted by atomic mass is 9.75. The molecule has 29 heavy (non-hydrogen) atoms. The Morgan fingerprint density at radius 2 is 2.10 bits per heavy atom. The van der Waals surface area contributed by atoms with Crippen LogP contribution in [0.15, 0.2) is 24.3 Å². The summed E-state index contributed by atoms with van der Waals surface area (Å²) in [5, 5.41) is 4.71. The Morgan fingerprint density at radius 1 is 1.31 bits per heavy atom. The van der Waals surface area contributed by atoms with Crippen LogP contribution in [0.4, 0.5) is 4.79 Å². The highest BCUT2D eigenvalue weighted by Crippen LogP contribution is 2.35. The van der Waals surface area contributed by atoms with Gasteiger partial charge < -0.3 is 20.1 Å². The fourth-order valence-electron chi connectivity index (χ4n) is 4.55. The molecule has 2 fully saturated rings. The number of likely N-dealkylation sites (N-methyl/N-ethyl adjacent to an activating group) is 1. The first-order valence-corrected chi connectivity index (χ1v) is 10.8. The summed E-state index contributed by atoms with van der Waals surface area (Å²) in [7, 11) is 1.82. The number of aromatic amines is 1. The van der Waals surface area contributed by atoms with Gasteiger partial charge in [0.05, 0.1) is 12.6 Å². The van der Waals surface area contributed by atoms with E-state index in [4.69, 9.17) is 11.6 Å². The lowest BCUT2D eigenvalue weighted by molar-refractivity contribution is -0.141. The molecular weight excluding hydrogens is 388 g/mol. The number of nitrogens with one attached hydrogen (secondary N) is 2. The molecule has 1 saturated carbocycles. The fourth-order valence-corrected chi connectivity index (χ4v) is 4.73. The van der Waals surface area contributed by atoms with Crippen LogP contribution in [-0.4, -0.2) is 52.9 Å². The van der Waals surface area contributed by atoms with E-state index in [1.165, 1.54) is 0 Å². The molecule has 2 aliphatic rings. The molecule has 3 amide bonds. The van der Waals surface area contributed by atoms with Gasteiger partial charge in [0.1, 0.15) is 0 Å². The Kier molecular flexibility index (Phi) is 5.72. The van der Waals surface area contributed by atoms with Gasteiger partial charge in [-0.3, -0.25) is 4.79 Å². The van der Waals surface area contributed by atoms with Gasteiger partial charge in [-0.25, -0.2) is 4.79 Å². The largest absolute Gasteiger partial charge is 0.357 e. The molecule has 2 N–H and O–H groups in total. The van der Waals surface area contributed by atoms with Gasteiger partial charge >= 0.3 is 6.03 Å². The minimum Gasteiger partial charge on any atom is -0.357 e. The molecule has 6 nitrogen and oxygen atoms in total. The third-order valence-electron chi connectivity index (χ3n) is 6.37. The third kappa shape index (κ3) is 4.37. The molecular formula is C22H29ClN4O2. The van der Waals surface area contributed by atoms with Crippen molar-refractivity contribution in [2.75, 3.05) is 20.1 Å². The first kappa shape index (κ1) is 20.1.